The van der Waals surface area contributed by atoms with Gasteiger partial charge in [-0.3, -0.25) is 10.1 Å². The first-order valence-electron chi connectivity index (χ1n) is 6.74. The highest BCUT2D eigenvalue weighted by Gasteiger charge is 2.13. The molecule has 4 nitrogen and oxygen atoms in total. The van der Waals surface area contributed by atoms with Crippen LogP contribution < -0.4 is 5.32 Å². The van der Waals surface area contributed by atoms with E-state index in [1.165, 1.54) is 38.5 Å². The Balaban J connectivity index is 1.68. The molecule has 1 N–H and O–H groups in total. The monoisotopic (exact) mass is 248 g/mol. The Hall–Kier alpha value is -1.58. The minimum Gasteiger partial charge on any atom is -0.385 e. The van der Waals surface area contributed by atoms with Crippen molar-refractivity contribution in [1.82, 2.24) is 0 Å². The second-order valence-corrected chi connectivity index (χ2v) is 5.02. The highest BCUT2D eigenvalue weighted by Crippen LogP contribution is 2.28. The Bertz CT molecular complexity index is 383. The van der Waals surface area contributed by atoms with Gasteiger partial charge in [0.25, 0.3) is 5.69 Å². The first-order chi connectivity index (χ1) is 8.75. The lowest BCUT2D eigenvalue weighted by Crippen LogP contribution is -2.04. The third-order valence-corrected chi connectivity index (χ3v) is 3.67. The minimum atomic E-state index is -0.371. The number of non-ortho nitro benzene ring substituents is 1. The van der Waals surface area contributed by atoms with Gasteiger partial charge in [0.15, 0.2) is 0 Å². The molecule has 0 unspecified atom stereocenters. The van der Waals surface area contributed by atoms with Crippen LogP contribution in [0.2, 0.25) is 0 Å². The molecule has 0 heterocycles. The molecule has 2 rings (SSSR count). The van der Waals surface area contributed by atoms with Crippen LogP contribution in [0.5, 0.6) is 0 Å². The minimum absolute atomic E-state index is 0.145. The Morgan fingerprint density at radius 3 is 2.50 bits per heavy atom. The average Bonchev–Trinajstić information content (AvgIpc) is 2.88. The summed E-state index contributed by atoms with van der Waals surface area (Å²) in [5.41, 5.74) is 1.11. The van der Waals surface area contributed by atoms with E-state index in [0.717, 1.165) is 18.2 Å². The van der Waals surface area contributed by atoms with Gasteiger partial charge in [0.1, 0.15) is 0 Å². The number of nitrogens with zero attached hydrogens (tertiary/aromatic N) is 1. The van der Waals surface area contributed by atoms with Crippen molar-refractivity contribution >= 4 is 11.4 Å². The van der Waals surface area contributed by atoms with Crippen molar-refractivity contribution in [3.05, 3.63) is 34.4 Å². The summed E-state index contributed by atoms with van der Waals surface area (Å²) in [4.78, 5) is 10.1. The fourth-order valence-corrected chi connectivity index (χ4v) is 2.62. The number of hydrogen-bond donors (Lipinski definition) is 1. The lowest BCUT2D eigenvalue weighted by atomic mass is 10.0. The molecule has 4 heteroatoms. The summed E-state index contributed by atoms with van der Waals surface area (Å²) in [6, 6.07) is 6.63. The van der Waals surface area contributed by atoms with E-state index in [1.54, 1.807) is 24.3 Å². The van der Waals surface area contributed by atoms with Crippen molar-refractivity contribution in [3.63, 3.8) is 0 Å². The number of benzene rings is 1. The molecule has 1 aromatic rings. The zero-order chi connectivity index (χ0) is 12.8. The molecule has 0 amide bonds. The van der Waals surface area contributed by atoms with Crippen molar-refractivity contribution < 1.29 is 4.92 Å². The van der Waals surface area contributed by atoms with Crippen LogP contribution in [0.4, 0.5) is 11.4 Å². The second kappa shape index (κ2) is 6.38. The van der Waals surface area contributed by atoms with Gasteiger partial charge in [-0.25, -0.2) is 0 Å². The highest BCUT2D eigenvalue weighted by atomic mass is 16.6. The van der Waals surface area contributed by atoms with E-state index >= 15 is 0 Å². The predicted octanol–water partition coefficient (Wildman–Crippen LogP) is 3.98. The van der Waals surface area contributed by atoms with Crippen molar-refractivity contribution in [1.29, 1.82) is 0 Å². The summed E-state index contributed by atoms with van der Waals surface area (Å²) < 4.78 is 0. The van der Waals surface area contributed by atoms with Crippen LogP contribution >= 0.6 is 0 Å². The van der Waals surface area contributed by atoms with Crippen molar-refractivity contribution in [2.45, 2.75) is 38.5 Å². The Kier molecular flexibility index (Phi) is 4.56. The topological polar surface area (TPSA) is 55.2 Å². The van der Waals surface area contributed by atoms with Gasteiger partial charge in [-0.05, 0) is 30.9 Å². The fourth-order valence-electron chi connectivity index (χ4n) is 2.62. The molecule has 0 atom stereocenters. The highest BCUT2D eigenvalue weighted by molar-refractivity contribution is 5.48. The largest absolute Gasteiger partial charge is 0.385 e. The van der Waals surface area contributed by atoms with Gasteiger partial charge in [-0.1, -0.05) is 25.7 Å². The fraction of sp³-hybridized carbons (Fsp3) is 0.571. The number of nitrogens with one attached hydrogen (secondary N) is 1. The average molecular weight is 248 g/mol. The number of nitro groups is 1. The van der Waals surface area contributed by atoms with E-state index in [2.05, 4.69) is 5.32 Å². The quantitative estimate of drug-likeness (QED) is 0.470. The molecule has 0 spiro atoms. The molecule has 1 aliphatic rings. The molecule has 0 radical (unpaired) electrons. The molecule has 0 aliphatic heterocycles. The van der Waals surface area contributed by atoms with Crippen LogP contribution in [0.15, 0.2) is 24.3 Å². The number of nitro benzene ring substituents is 1. The Morgan fingerprint density at radius 2 is 1.89 bits per heavy atom. The van der Waals surface area contributed by atoms with Crippen LogP contribution in [0.25, 0.3) is 0 Å². The summed E-state index contributed by atoms with van der Waals surface area (Å²) in [5, 5.41) is 13.8. The number of anilines is 1. The molecular formula is C14H20N2O2. The summed E-state index contributed by atoms with van der Waals surface area (Å²) in [6.07, 6.45) is 8.09. The summed E-state index contributed by atoms with van der Waals surface area (Å²) >= 11 is 0. The number of hydrogen-bond acceptors (Lipinski definition) is 3. The normalized spacial score (nSPS) is 15.8. The molecule has 0 saturated heterocycles. The van der Waals surface area contributed by atoms with Gasteiger partial charge in [0, 0.05) is 24.4 Å². The second-order valence-electron chi connectivity index (χ2n) is 5.02. The lowest BCUT2D eigenvalue weighted by Gasteiger charge is -2.09. The maximum absolute atomic E-state index is 10.5. The van der Waals surface area contributed by atoms with E-state index in [9.17, 15) is 10.1 Å². The van der Waals surface area contributed by atoms with Crippen molar-refractivity contribution in [2.24, 2.45) is 5.92 Å². The smallest absolute Gasteiger partial charge is 0.269 e. The third-order valence-electron chi connectivity index (χ3n) is 3.67. The summed E-state index contributed by atoms with van der Waals surface area (Å²) in [5.74, 6) is 0.934. The van der Waals surface area contributed by atoms with Crippen LogP contribution in [0.3, 0.4) is 0 Å². The van der Waals surface area contributed by atoms with Gasteiger partial charge in [0.05, 0.1) is 4.92 Å². The Morgan fingerprint density at radius 1 is 1.22 bits per heavy atom. The van der Waals surface area contributed by atoms with Gasteiger partial charge < -0.3 is 5.32 Å². The molecule has 1 aliphatic carbocycles. The lowest BCUT2D eigenvalue weighted by molar-refractivity contribution is -0.384. The molecule has 98 valence electrons. The van der Waals surface area contributed by atoms with Crippen molar-refractivity contribution in [2.75, 3.05) is 11.9 Å². The van der Waals surface area contributed by atoms with E-state index in [4.69, 9.17) is 0 Å². The maximum Gasteiger partial charge on any atom is 0.269 e. The Labute approximate surface area is 108 Å². The zero-order valence-electron chi connectivity index (χ0n) is 10.6. The van der Waals surface area contributed by atoms with Crippen LogP contribution in [0.1, 0.15) is 38.5 Å². The molecule has 1 aromatic carbocycles. The summed E-state index contributed by atoms with van der Waals surface area (Å²) in [6.45, 7) is 0.953. The van der Waals surface area contributed by atoms with Gasteiger partial charge in [-0.2, -0.15) is 0 Å². The van der Waals surface area contributed by atoms with Crippen LogP contribution in [0, 0.1) is 16.0 Å². The third kappa shape index (κ3) is 3.72. The SMILES string of the molecule is O=[N+]([O-])c1ccc(NCCCC2CCCC2)cc1. The molecular weight excluding hydrogens is 228 g/mol. The standard InChI is InChI=1S/C14H20N2O2/c17-16(18)14-9-7-13(8-10-14)15-11-3-6-12-4-1-2-5-12/h7-10,12,15H,1-6,11H2. The van der Waals surface area contributed by atoms with Crippen molar-refractivity contribution in [3.8, 4) is 0 Å². The van der Waals surface area contributed by atoms with E-state index in [1.807, 2.05) is 0 Å². The predicted molar refractivity (Wildman–Crippen MR) is 72.8 cm³/mol. The van der Waals surface area contributed by atoms with E-state index in [-0.39, 0.29) is 10.6 Å². The van der Waals surface area contributed by atoms with E-state index in [0.29, 0.717) is 0 Å². The zero-order valence-corrected chi connectivity index (χ0v) is 10.6. The molecule has 1 fully saturated rings. The van der Waals surface area contributed by atoms with Crippen LogP contribution in [-0.2, 0) is 0 Å². The van der Waals surface area contributed by atoms with Gasteiger partial charge >= 0.3 is 0 Å². The van der Waals surface area contributed by atoms with Gasteiger partial charge in [0.2, 0.25) is 0 Å². The first kappa shape index (κ1) is 12.9. The van der Waals surface area contributed by atoms with E-state index < -0.39 is 0 Å². The molecule has 0 bridgehead atoms. The first-order valence-corrected chi connectivity index (χ1v) is 6.74. The molecule has 0 aromatic heterocycles. The summed E-state index contributed by atoms with van der Waals surface area (Å²) in [7, 11) is 0. The molecule has 18 heavy (non-hydrogen) atoms. The number of rotatable bonds is 6. The van der Waals surface area contributed by atoms with Gasteiger partial charge in [-0.15, -0.1) is 0 Å². The molecule has 1 saturated carbocycles. The van der Waals surface area contributed by atoms with Crippen LogP contribution in [-0.4, -0.2) is 11.5 Å². The maximum atomic E-state index is 10.5.